The topological polar surface area (TPSA) is 61.4 Å². The van der Waals surface area contributed by atoms with Crippen LogP contribution in [0.25, 0.3) is 5.57 Å². The van der Waals surface area contributed by atoms with Gasteiger partial charge in [-0.15, -0.1) is 0 Å². The second-order valence-corrected chi connectivity index (χ2v) is 9.06. The number of anilines is 1. The molecule has 2 N–H and O–H groups in total. The number of piperidine rings is 1. The summed E-state index contributed by atoms with van der Waals surface area (Å²) in [4.78, 5) is 27.2. The molecular formula is C28H36FN3O2. The van der Waals surface area contributed by atoms with E-state index in [0.29, 0.717) is 37.2 Å². The van der Waals surface area contributed by atoms with Crippen LogP contribution in [0.4, 0.5) is 14.9 Å². The second kappa shape index (κ2) is 11.8. The third-order valence-corrected chi connectivity index (χ3v) is 6.53. The Labute approximate surface area is 202 Å². The summed E-state index contributed by atoms with van der Waals surface area (Å²) in [5, 5.41) is 5.95. The van der Waals surface area contributed by atoms with Gasteiger partial charge < -0.3 is 15.5 Å². The molecule has 2 aromatic rings. The van der Waals surface area contributed by atoms with Crippen LogP contribution in [0.2, 0.25) is 0 Å². The lowest BCUT2D eigenvalue weighted by Gasteiger charge is -2.32. The summed E-state index contributed by atoms with van der Waals surface area (Å²) in [6.45, 7) is 9.74. The first kappa shape index (κ1) is 25.5. The number of aryl methyl sites for hydroxylation is 1. The highest BCUT2D eigenvalue weighted by Gasteiger charge is 2.24. The number of carbonyl (C=O) groups is 2. The number of allylic oxidation sites excluding steroid dienone is 2. The highest BCUT2D eigenvalue weighted by Crippen LogP contribution is 2.28. The Balaban J connectivity index is 1.59. The number of carbonyl (C=O) groups excluding carboxylic acids is 2. The zero-order valence-corrected chi connectivity index (χ0v) is 20.7. The molecule has 0 aliphatic carbocycles. The van der Waals surface area contributed by atoms with E-state index in [9.17, 15) is 14.0 Å². The molecule has 1 fully saturated rings. The third-order valence-electron chi connectivity index (χ3n) is 6.53. The molecular weight excluding hydrogens is 429 g/mol. The maximum atomic E-state index is 13.1. The number of benzene rings is 2. The van der Waals surface area contributed by atoms with Crippen LogP contribution in [-0.2, 0) is 0 Å². The van der Waals surface area contributed by atoms with Gasteiger partial charge >= 0.3 is 6.03 Å². The number of rotatable bonds is 7. The lowest BCUT2D eigenvalue weighted by molar-refractivity contribution is 0.0919. The summed E-state index contributed by atoms with van der Waals surface area (Å²) in [7, 11) is 0. The highest BCUT2D eigenvalue weighted by atomic mass is 19.1. The lowest BCUT2D eigenvalue weighted by Crippen LogP contribution is -2.47. The summed E-state index contributed by atoms with van der Waals surface area (Å²) in [6.07, 6.45) is 4.49. The Hall–Kier alpha value is -3.15. The van der Waals surface area contributed by atoms with E-state index in [2.05, 4.69) is 38.3 Å². The first-order valence-electron chi connectivity index (χ1n) is 12.2. The van der Waals surface area contributed by atoms with Gasteiger partial charge in [-0.2, -0.15) is 0 Å². The number of hydrogen-bond acceptors (Lipinski definition) is 2. The molecule has 0 spiro atoms. The van der Waals surface area contributed by atoms with Gasteiger partial charge in [0.05, 0.1) is 0 Å². The molecule has 1 heterocycles. The van der Waals surface area contributed by atoms with E-state index < -0.39 is 0 Å². The van der Waals surface area contributed by atoms with Crippen LogP contribution in [0, 0.1) is 12.7 Å². The lowest BCUT2D eigenvalue weighted by atomic mass is 9.91. The van der Waals surface area contributed by atoms with Gasteiger partial charge in [-0.1, -0.05) is 31.9 Å². The monoisotopic (exact) mass is 465 g/mol. The van der Waals surface area contributed by atoms with E-state index in [0.717, 1.165) is 24.8 Å². The molecule has 1 saturated heterocycles. The molecule has 0 radical (unpaired) electrons. The first-order valence-corrected chi connectivity index (χ1v) is 12.2. The van der Waals surface area contributed by atoms with Gasteiger partial charge in [0.15, 0.2) is 0 Å². The van der Waals surface area contributed by atoms with E-state index in [4.69, 9.17) is 0 Å². The predicted molar refractivity (Wildman–Crippen MR) is 136 cm³/mol. The maximum absolute atomic E-state index is 13.1. The van der Waals surface area contributed by atoms with E-state index in [1.807, 2.05) is 18.2 Å². The van der Waals surface area contributed by atoms with Crippen molar-refractivity contribution in [1.82, 2.24) is 10.2 Å². The highest BCUT2D eigenvalue weighted by molar-refractivity contribution is 5.95. The van der Waals surface area contributed by atoms with Gasteiger partial charge in [0.2, 0.25) is 0 Å². The number of nitrogens with one attached hydrogen (secondary N) is 2. The van der Waals surface area contributed by atoms with Crippen LogP contribution in [-0.4, -0.2) is 36.0 Å². The van der Waals surface area contributed by atoms with Crippen molar-refractivity contribution >= 4 is 23.2 Å². The Morgan fingerprint density at radius 2 is 1.74 bits per heavy atom. The third kappa shape index (κ3) is 6.46. The maximum Gasteiger partial charge on any atom is 0.321 e. The van der Waals surface area contributed by atoms with Crippen LogP contribution >= 0.6 is 0 Å². The summed E-state index contributed by atoms with van der Waals surface area (Å²) < 4.78 is 13.1. The summed E-state index contributed by atoms with van der Waals surface area (Å²) in [5.41, 5.74) is 6.29. The van der Waals surface area contributed by atoms with Gasteiger partial charge in [0.25, 0.3) is 5.91 Å². The summed E-state index contributed by atoms with van der Waals surface area (Å²) in [6, 6.07) is 11.5. The minimum absolute atomic E-state index is 0.0233. The Kier molecular flexibility index (Phi) is 8.85. The normalized spacial score (nSPS) is 15.0. The average molecular weight is 466 g/mol. The average Bonchev–Trinajstić information content (AvgIpc) is 2.82. The summed E-state index contributed by atoms with van der Waals surface area (Å²) in [5.74, 6) is -0.410. The Morgan fingerprint density at radius 1 is 1.06 bits per heavy atom. The van der Waals surface area contributed by atoms with Crippen molar-refractivity contribution in [2.75, 3.05) is 18.4 Å². The van der Waals surface area contributed by atoms with E-state index in [1.165, 1.54) is 28.8 Å². The zero-order valence-electron chi connectivity index (χ0n) is 20.7. The molecule has 6 heteroatoms. The minimum Gasteiger partial charge on any atom is -0.349 e. The number of urea groups is 1. The van der Waals surface area contributed by atoms with Crippen molar-refractivity contribution in [2.45, 2.75) is 65.8 Å². The molecule has 5 nitrogen and oxygen atoms in total. The molecule has 0 unspecified atom stereocenters. The van der Waals surface area contributed by atoms with E-state index in [-0.39, 0.29) is 23.8 Å². The fourth-order valence-corrected chi connectivity index (χ4v) is 4.57. The number of nitrogens with zero attached hydrogens (tertiary/aromatic N) is 1. The fraction of sp³-hybridized carbons (Fsp3) is 0.429. The fourth-order valence-electron chi connectivity index (χ4n) is 4.57. The molecule has 1 aliphatic rings. The van der Waals surface area contributed by atoms with Crippen molar-refractivity contribution in [1.29, 1.82) is 0 Å². The molecule has 34 heavy (non-hydrogen) atoms. The van der Waals surface area contributed by atoms with Crippen LogP contribution in [0.15, 0.2) is 48.0 Å². The Bertz CT molecular complexity index is 1040. The van der Waals surface area contributed by atoms with Crippen LogP contribution in [0.1, 0.15) is 74.4 Å². The van der Waals surface area contributed by atoms with Crippen LogP contribution in [0.5, 0.6) is 0 Å². The predicted octanol–water partition coefficient (Wildman–Crippen LogP) is 6.54. The van der Waals surface area contributed by atoms with Gasteiger partial charge in [-0.25, -0.2) is 9.18 Å². The molecule has 182 valence electrons. The largest absolute Gasteiger partial charge is 0.349 e. The number of amides is 3. The molecule has 1 aliphatic heterocycles. The SMILES string of the molecule is CCC/C(C)=C(\CC)c1cc(C(=O)NC2CCN(C(=O)Nc3ccc(F)cc3)CC2)ccc1C. The van der Waals surface area contributed by atoms with Crippen molar-refractivity contribution < 1.29 is 14.0 Å². The van der Waals surface area contributed by atoms with Gasteiger partial charge in [-0.05, 0) is 92.6 Å². The van der Waals surface area contributed by atoms with Crippen molar-refractivity contribution in [2.24, 2.45) is 0 Å². The van der Waals surface area contributed by atoms with Gasteiger partial charge in [0, 0.05) is 30.4 Å². The Morgan fingerprint density at radius 3 is 2.35 bits per heavy atom. The van der Waals surface area contributed by atoms with E-state index >= 15 is 0 Å². The molecule has 3 rings (SSSR count). The van der Waals surface area contributed by atoms with Crippen molar-refractivity contribution in [3.63, 3.8) is 0 Å². The number of hydrogen-bond donors (Lipinski definition) is 2. The number of halogens is 1. The minimum atomic E-state index is -0.340. The van der Waals surface area contributed by atoms with Crippen molar-refractivity contribution in [3.05, 3.63) is 70.5 Å². The van der Waals surface area contributed by atoms with Gasteiger partial charge in [0.1, 0.15) is 5.82 Å². The van der Waals surface area contributed by atoms with Crippen molar-refractivity contribution in [3.8, 4) is 0 Å². The number of likely N-dealkylation sites (tertiary alicyclic amines) is 1. The smallest absolute Gasteiger partial charge is 0.321 e. The zero-order chi connectivity index (χ0) is 24.7. The second-order valence-electron chi connectivity index (χ2n) is 9.06. The van der Waals surface area contributed by atoms with Gasteiger partial charge in [-0.3, -0.25) is 4.79 Å². The van der Waals surface area contributed by atoms with E-state index in [1.54, 1.807) is 17.0 Å². The molecule has 0 atom stereocenters. The van der Waals surface area contributed by atoms with Crippen LogP contribution < -0.4 is 10.6 Å². The standard InChI is InChI=1S/C28H36FN3O2/c1-5-7-19(3)25(6-2)26-18-21(9-8-20(26)4)27(33)30-24-14-16-32(17-15-24)28(34)31-23-12-10-22(29)11-13-23/h8-13,18,24H,5-7,14-17H2,1-4H3,(H,30,33)(H,31,34)/b25-19+. The van der Waals surface area contributed by atoms with Crippen LogP contribution in [0.3, 0.4) is 0 Å². The molecule has 2 aromatic carbocycles. The quantitative estimate of drug-likeness (QED) is 0.487. The molecule has 0 aromatic heterocycles. The first-order chi connectivity index (χ1) is 16.3. The molecule has 0 saturated carbocycles. The molecule has 3 amide bonds. The molecule has 0 bridgehead atoms. The summed E-state index contributed by atoms with van der Waals surface area (Å²) >= 11 is 0.